The molecule has 0 heterocycles. The van der Waals surface area contributed by atoms with Crippen LogP contribution in [0.3, 0.4) is 0 Å². The molecule has 7 heteroatoms. The van der Waals surface area contributed by atoms with E-state index in [1.54, 1.807) is 0 Å². The number of ether oxygens (including phenoxy) is 1. The van der Waals surface area contributed by atoms with Gasteiger partial charge in [-0.15, -0.1) is 0 Å². The van der Waals surface area contributed by atoms with Crippen LogP contribution in [0.5, 0.6) is 0 Å². The minimum absolute atomic E-state index is 0.312. The molecular formula is C7H13N3O4. The van der Waals surface area contributed by atoms with Crippen molar-refractivity contribution in [3.8, 4) is 0 Å². The number of aliphatic hydroxyl groups is 1. The lowest BCUT2D eigenvalue weighted by molar-refractivity contribution is -0.165. The normalized spacial score (nSPS) is 11.6. The predicted octanol–water partition coefficient (Wildman–Crippen LogP) is -1.74. The summed E-state index contributed by atoms with van der Waals surface area (Å²) in [4.78, 5) is 22.7. The van der Waals surface area contributed by atoms with E-state index in [1.165, 1.54) is 14.0 Å². The van der Waals surface area contributed by atoms with Crippen molar-refractivity contribution in [3.63, 3.8) is 0 Å². The third-order valence-corrected chi connectivity index (χ3v) is 1.33. The van der Waals surface area contributed by atoms with E-state index in [9.17, 15) is 9.59 Å². The van der Waals surface area contributed by atoms with Gasteiger partial charge in [0.05, 0.1) is 0 Å². The fourth-order valence-electron chi connectivity index (χ4n) is 0.509. The van der Waals surface area contributed by atoms with E-state index in [2.05, 4.69) is 4.74 Å². The second kappa shape index (κ2) is 5.18. The summed E-state index contributed by atoms with van der Waals surface area (Å²) >= 11 is 0. The molecule has 14 heavy (non-hydrogen) atoms. The van der Waals surface area contributed by atoms with Gasteiger partial charge in [-0.05, 0) is 6.92 Å². The van der Waals surface area contributed by atoms with Crippen LogP contribution in [0.2, 0.25) is 0 Å². The number of nitrogens with zero attached hydrogens (tertiary/aromatic N) is 1. The predicted molar refractivity (Wildman–Crippen MR) is 47.3 cm³/mol. The van der Waals surface area contributed by atoms with Crippen LogP contribution in [-0.4, -0.2) is 47.6 Å². The number of nitrogens with one attached hydrogen (secondary N) is 1. The number of hydrogen-bond acceptors (Lipinski definition) is 5. The summed E-state index contributed by atoms with van der Waals surface area (Å²) < 4.78 is 4.21. The summed E-state index contributed by atoms with van der Waals surface area (Å²) in [6, 6.07) is 0. The van der Waals surface area contributed by atoms with E-state index in [0.29, 0.717) is 0 Å². The van der Waals surface area contributed by atoms with Crippen molar-refractivity contribution < 1.29 is 19.4 Å². The Kier molecular flexibility index (Phi) is 4.57. The molecule has 1 unspecified atom stereocenters. The molecule has 0 saturated heterocycles. The number of nitrogens with two attached hydrogens (primary N) is 1. The molecule has 0 spiro atoms. The molecule has 0 saturated carbocycles. The van der Waals surface area contributed by atoms with Crippen molar-refractivity contribution in [3.05, 3.63) is 0 Å². The quantitative estimate of drug-likeness (QED) is 0.217. The standard InChI is InChI=1S/C7H13N3O4/c1-4(11)6(13)14-5(12)3-10(2)7(8)9/h4,11H,3H2,1-2H3,(H3,8,9). The molecule has 80 valence electrons. The van der Waals surface area contributed by atoms with E-state index in [4.69, 9.17) is 16.2 Å². The minimum atomic E-state index is -1.35. The van der Waals surface area contributed by atoms with Crippen LogP contribution in [0.4, 0.5) is 0 Å². The van der Waals surface area contributed by atoms with Crippen molar-refractivity contribution in [2.45, 2.75) is 13.0 Å². The van der Waals surface area contributed by atoms with Gasteiger partial charge < -0.3 is 20.5 Å². The summed E-state index contributed by atoms with van der Waals surface area (Å²) in [5.41, 5.74) is 5.04. The molecule has 0 rings (SSSR count). The van der Waals surface area contributed by atoms with Crippen molar-refractivity contribution >= 4 is 17.9 Å². The fourth-order valence-corrected chi connectivity index (χ4v) is 0.509. The van der Waals surface area contributed by atoms with Crippen molar-refractivity contribution in [2.24, 2.45) is 5.73 Å². The highest BCUT2D eigenvalue weighted by atomic mass is 16.6. The number of carbonyl (C=O) groups is 2. The molecule has 0 aromatic carbocycles. The Morgan fingerprint density at radius 1 is 1.64 bits per heavy atom. The highest BCUT2D eigenvalue weighted by Gasteiger charge is 2.17. The summed E-state index contributed by atoms with van der Waals surface area (Å²) in [5, 5.41) is 15.6. The van der Waals surface area contributed by atoms with Crippen LogP contribution in [0.15, 0.2) is 0 Å². The fraction of sp³-hybridized carbons (Fsp3) is 0.571. The zero-order chi connectivity index (χ0) is 11.3. The summed E-state index contributed by atoms with van der Waals surface area (Å²) in [6.45, 7) is 0.873. The first-order valence-electron chi connectivity index (χ1n) is 3.82. The van der Waals surface area contributed by atoms with Crippen molar-refractivity contribution in [2.75, 3.05) is 13.6 Å². The lowest BCUT2D eigenvalue weighted by atomic mass is 10.4. The highest BCUT2D eigenvalue weighted by molar-refractivity contribution is 5.90. The van der Waals surface area contributed by atoms with E-state index in [-0.39, 0.29) is 12.5 Å². The van der Waals surface area contributed by atoms with Gasteiger partial charge in [-0.25, -0.2) is 9.59 Å². The SMILES string of the molecule is CC(O)C(=O)OC(=O)CN(C)C(=N)N. The van der Waals surface area contributed by atoms with Crippen LogP contribution in [0.25, 0.3) is 0 Å². The van der Waals surface area contributed by atoms with Gasteiger partial charge in [0.2, 0.25) is 0 Å². The second-order valence-corrected chi connectivity index (χ2v) is 2.71. The average molecular weight is 203 g/mol. The van der Waals surface area contributed by atoms with Crippen LogP contribution in [0.1, 0.15) is 6.92 Å². The first-order valence-corrected chi connectivity index (χ1v) is 3.82. The summed E-state index contributed by atoms with van der Waals surface area (Å²) in [6.07, 6.45) is -1.35. The third kappa shape index (κ3) is 4.41. The molecule has 0 aliphatic heterocycles. The van der Waals surface area contributed by atoms with E-state index < -0.39 is 18.0 Å². The zero-order valence-corrected chi connectivity index (χ0v) is 7.98. The monoisotopic (exact) mass is 203 g/mol. The molecule has 0 aliphatic carbocycles. The zero-order valence-electron chi connectivity index (χ0n) is 7.98. The number of carbonyl (C=O) groups excluding carboxylic acids is 2. The van der Waals surface area contributed by atoms with Gasteiger partial charge in [-0.2, -0.15) is 0 Å². The first-order chi connectivity index (χ1) is 6.34. The second-order valence-electron chi connectivity index (χ2n) is 2.71. The van der Waals surface area contributed by atoms with Gasteiger partial charge in [0, 0.05) is 7.05 Å². The molecule has 0 amide bonds. The number of esters is 2. The number of hydrogen-bond donors (Lipinski definition) is 3. The van der Waals surface area contributed by atoms with Crippen molar-refractivity contribution in [1.29, 1.82) is 5.41 Å². The Bertz CT molecular complexity index is 251. The minimum Gasteiger partial charge on any atom is -0.390 e. The number of likely N-dealkylation sites (N-methyl/N-ethyl adjacent to an activating group) is 1. The van der Waals surface area contributed by atoms with Gasteiger partial charge in [-0.1, -0.05) is 0 Å². The van der Waals surface area contributed by atoms with Crippen LogP contribution in [0, 0.1) is 5.41 Å². The van der Waals surface area contributed by atoms with Gasteiger partial charge in [0.25, 0.3) is 0 Å². The Balaban J connectivity index is 3.99. The smallest absolute Gasteiger partial charge is 0.342 e. The highest BCUT2D eigenvalue weighted by Crippen LogP contribution is 1.90. The molecule has 1 atom stereocenters. The summed E-state index contributed by atoms with van der Waals surface area (Å²) in [5.74, 6) is -2.20. The van der Waals surface area contributed by atoms with Gasteiger partial charge in [0.1, 0.15) is 12.6 Å². The molecule has 0 aromatic rings. The summed E-state index contributed by atoms with van der Waals surface area (Å²) in [7, 11) is 1.40. The molecule has 0 fully saturated rings. The lowest BCUT2D eigenvalue weighted by Gasteiger charge is -2.14. The van der Waals surface area contributed by atoms with Crippen LogP contribution < -0.4 is 5.73 Å². The maximum atomic E-state index is 10.9. The number of rotatable bonds is 3. The first kappa shape index (κ1) is 12.4. The third-order valence-electron chi connectivity index (χ3n) is 1.33. The molecular weight excluding hydrogens is 190 g/mol. The Labute approximate surface area is 80.9 Å². The number of guanidine groups is 1. The van der Waals surface area contributed by atoms with E-state index >= 15 is 0 Å². The Morgan fingerprint density at radius 2 is 2.14 bits per heavy atom. The molecule has 0 aliphatic rings. The molecule has 0 bridgehead atoms. The average Bonchev–Trinajstić information content (AvgIpc) is 2.03. The maximum Gasteiger partial charge on any atom is 0.342 e. The maximum absolute atomic E-state index is 10.9. The van der Waals surface area contributed by atoms with Gasteiger partial charge in [0.15, 0.2) is 5.96 Å². The van der Waals surface area contributed by atoms with Crippen molar-refractivity contribution in [1.82, 2.24) is 4.90 Å². The molecule has 4 N–H and O–H groups in total. The van der Waals surface area contributed by atoms with Gasteiger partial charge in [-0.3, -0.25) is 5.41 Å². The number of aliphatic hydroxyl groups excluding tert-OH is 1. The Morgan fingerprint density at radius 3 is 2.50 bits per heavy atom. The lowest BCUT2D eigenvalue weighted by Crippen LogP contribution is -2.38. The topological polar surface area (TPSA) is 117 Å². The van der Waals surface area contributed by atoms with Gasteiger partial charge >= 0.3 is 11.9 Å². The van der Waals surface area contributed by atoms with E-state index in [1.807, 2.05) is 0 Å². The Hall–Kier alpha value is -1.63. The molecule has 0 radical (unpaired) electrons. The largest absolute Gasteiger partial charge is 0.390 e. The van der Waals surface area contributed by atoms with Crippen LogP contribution in [-0.2, 0) is 14.3 Å². The molecule has 7 nitrogen and oxygen atoms in total. The van der Waals surface area contributed by atoms with E-state index in [0.717, 1.165) is 4.90 Å². The molecule has 0 aromatic heterocycles. The van der Waals surface area contributed by atoms with Crippen LogP contribution >= 0.6 is 0 Å².